The van der Waals surface area contributed by atoms with E-state index in [1.807, 2.05) is 13.0 Å². The van der Waals surface area contributed by atoms with E-state index in [9.17, 15) is 4.79 Å². The molecule has 5 rings (SSSR count). The number of nitrogens with one attached hydrogen (secondary N) is 2. The first-order valence-corrected chi connectivity index (χ1v) is 11.8. The lowest BCUT2D eigenvalue weighted by Crippen LogP contribution is -2.40. The van der Waals surface area contributed by atoms with Gasteiger partial charge in [-0.3, -0.25) is 4.79 Å². The van der Waals surface area contributed by atoms with Crippen molar-refractivity contribution in [2.75, 3.05) is 25.1 Å². The van der Waals surface area contributed by atoms with Crippen LogP contribution in [0.2, 0.25) is 0 Å². The number of rotatable bonds is 7. The van der Waals surface area contributed by atoms with Gasteiger partial charge in [-0.2, -0.15) is 0 Å². The Bertz CT molecular complexity index is 1230. The predicted molar refractivity (Wildman–Crippen MR) is 126 cm³/mol. The molecule has 3 aromatic heterocycles. The molecule has 1 amide bonds. The van der Waals surface area contributed by atoms with Gasteiger partial charge in [0.2, 0.25) is 0 Å². The highest BCUT2D eigenvalue weighted by atomic mass is 32.1. The largest absolute Gasteiger partial charge is 0.381 e. The molecule has 0 spiro atoms. The van der Waals surface area contributed by atoms with E-state index in [-0.39, 0.29) is 11.3 Å². The molecule has 0 aliphatic carbocycles. The van der Waals surface area contributed by atoms with Crippen molar-refractivity contribution < 1.29 is 14.1 Å². The minimum absolute atomic E-state index is 0.0293. The zero-order valence-corrected chi connectivity index (χ0v) is 19.2. The molecule has 170 valence electrons. The lowest BCUT2D eigenvalue weighted by atomic mass is 9.74. The van der Waals surface area contributed by atoms with Gasteiger partial charge in [0, 0.05) is 31.2 Å². The molecule has 1 fully saturated rings. The minimum atomic E-state index is -0.158. The molecule has 0 saturated carbocycles. The molecule has 1 aliphatic heterocycles. The first kappa shape index (κ1) is 21.5. The molecule has 9 heteroatoms. The highest BCUT2D eigenvalue weighted by molar-refractivity contribution is 7.20. The molecule has 0 unspecified atom stereocenters. The van der Waals surface area contributed by atoms with Crippen LogP contribution < -0.4 is 10.6 Å². The van der Waals surface area contributed by atoms with Gasteiger partial charge in [0.1, 0.15) is 28.9 Å². The zero-order valence-electron chi connectivity index (χ0n) is 18.3. The Labute approximate surface area is 195 Å². The quantitative estimate of drug-likeness (QED) is 0.426. The monoisotopic (exact) mass is 463 g/mol. The maximum Gasteiger partial charge on any atom is 0.262 e. The number of ether oxygens (including phenoxy) is 1. The topological polar surface area (TPSA) is 102 Å². The standard InChI is InChI=1S/C24H25N5O3S/c1-16-19-21(26-14-24(8-11-31-12-9-24)17-5-3-2-4-6-17)27-15-28-23(19)33-20(16)22(30)25-13-18-7-10-32-29-18/h2-7,10,15H,8-9,11-14H2,1H3,(H,25,30)(H,26,27,28). The van der Waals surface area contributed by atoms with Gasteiger partial charge in [0.05, 0.1) is 16.8 Å². The molecule has 4 aromatic rings. The molecule has 0 radical (unpaired) electrons. The summed E-state index contributed by atoms with van der Waals surface area (Å²) in [6.07, 6.45) is 4.92. The number of nitrogens with zero attached hydrogens (tertiary/aromatic N) is 3. The highest BCUT2D eigenvalue weighted by Gasteiger charge is 2.34. The number of benzene rings is 1. The van der Waals surface area contributed by atoms with E-state index in [0.717, 1.165) is 54.2 Å². The summed E-state index contributed by atoms with van der Waals surface area (Å²) in [7, 11) is 0. The summed E-state index contributed by atoms with van der Waals surface area (Å²) < 4.78 is 10.5. The molecule has 1 aromatic carbocycles. The van der Waals surface area contributed by atoms with Gasteiger partial charge in [-0.05, 0) is 30.9 Å². The Morgan fingerprint density at radius 1 is 1.15 bits per heavy atom. The third-order valence-corrected chi connectivity index (χ3v) is 7.48. The maximum atomic E-state index is 12.8. The van der Waals surface area contributed by atoms with Crippen molar-refractivity contribution in [1.82, 2.24) is 20.4 Å². The molecule has 2 N–H and O–H groups in total. The number of aromatic nitrogens is 3. The van der Waals surface area contributed by atoms with Crippen molar-refractivity contribution in [3.8, 4) is 0 Å². The molecule has 1 aliphatic rings. The number of hydrogen-bond acceptors (Lipinski definition) is 8. The zero-order chi connectivity index (χ0) is 22.7. The average Bonchev–Trinajstić information content (AvgIpc) is 3.51. The number of aryl methyl sites for hydroxylation is 1. The smallest absolute Gasteiger partial charge is 0.262 e. The van der Waals surface area contributed by atoms with E-state index in [1.165, 1.54) is 23.2 Å². The van der Waals surface area contributed by atoms with Crippen LogP contribution in [0, 0.1) is 6.92 Å². The maximum absolute atomic E-state index is 12.8. The number of fused-ring (bicyclic) bond motifs is 1. The van der Waals surface area contributed by atoms with Crippen LogP contribution in [0.1, 0.15) is 39.3 Å². The number of anilines is 1. The fraction of sp³-hybridized carbons (Fsp3) is 0.333. The predicted octanol–water partition coefficient (Wildman–Crippen LogP) is 4.08. The van der Waals surface area contributed by atoms with Gasteiger partial charge in [0.25, 0.3) is 5.91 Å². The van der Waals surface area contributed by atoms with Crippen LogP contribution in [0.4, 0.5) is 5.82 Å². The van der Waals surface area contributed by atoms with Crippen LogP contribution in [0.25, 0.3) is 10.2 Å². The van der Waals surface area contributed by atoms with E-state index in [2.05, 4.69) is 50.0 Å². The average molecular weight is 464 g/mol. The van der Waals surface area contributed by atoms with Crippen molar-refractivity contribution in [3.63, 3.8) is 0 Å². The van der Waals surface area contributed by atoms with Crippen LogP contribution in [-0.2, 0) is 16.7 Å². The van der Waals surface area contributed by atoms with E-state index >= 15 is 0 Å². The SMILES string of the molecule is Cc1c(C(=O)NCc2ccon2)sc2ncnc(NCC3(c4ccccc4)CCOCC3)c12. The van der Waals surface area contributed by atoms with Gasteiger partial charge in [-0.15, -0.1) is 11.3 Å². The van der Waals surface area contributed by atoms with E-state index in [1.54, 1.807) is 12.4 Å². The Balaban J connectivity index is 1.40. The van der Waals surface area contributed by atoms with Gasteiger partial charge < -0.3 is 19.9 Å². The van der Waals surface area contributed by atoms with E-state index in [0.29, 0.717) is 17.1 Å². The van der Waals surface area contributed by atoms with E-state index < -0.39 is 0 Å². The van der Waals surface area contributed by atoms with Gasteiger partial charge in [-0.1, -0.05) is 35.5 Å². The second kappa shape index (κ2) is 9.29. The van der Waals surface area contributed by atoms with Crippen LogP contribution in [0.5, 0.6) is 0 Å². The summed E-state index contributed by atoms with van der Waals surface area (Å²) >= 11 is 1.37. The van der Waals surface area contributed by atoms with Crippen LogP contribution >= 0.6 is 11.3 Å². The molecule has 0 atom stereocenters. The number of amides is 1. The Hall–Kier alpha value is -3.30. The van der Waals surface area contributed by atoms with Gasteiger partial charge >= 0.3 is 0 Å². The Morgan fingerprint density at radius 2 is 1.97 bits per heavy atom. The molecule has 1 saturated heterocycles. The lowest BCUT2D eigenvalue weighted by molar-refractivity contribution is 0.0544. The summed E-state index contributed by atoms with van der Waals surface area (Å²) in [4.78, 5) is 23.2. The normalized spacial score (nSPS) is 15.4. The first-order chi connectivity index (χ1) is 16.2. The number of hydrogen-bond donors (Lipinski definition) is 2. The van der Waals surface area contributed by atoms with Crippen molar-refractivity contribution in [3.05, 3.63) is 70.7 Å². The van der Waals surface area contributed by atoms with Gasteiger partial charge in [-0.25, -0.2) is 9.97 Å². The number of thiophene rings is 1. The van der Waals surface area contributed by atoms with Crippen LogP contribution in [-0.4, -0.2) is 40.8 Å². The molecule has 4 heterocycles. The third kappa shape index (κ3) is 4.34. The fourth-order valence-electron chi connectivity index (χ4n) is 4.38. The van der Waals surface area contributed by atoms with Crippen LogP contribution in [0.3, 0.4) is 0 Å². The first-order valence-electron chi connectivity index (χ1n) is 10.9. The highest BCUT2D eigenvalue weighted by Crippen LogP contribution is 2.37. The second-order valence-corrected chi connectivity index (χ2v) is 9.24. The van der Waals surface area contributed by atoms with Crippen molar-refractivity contribution in [1.29, 1.82) is 0 Å². The third-order valence-electron chi connectivity index (χ3n) is 6.28. The van der Waals surface area contributed by atoms with Gasteiger partial charge in [0.15, 0.2) is 0 Å². The van der Waals surface area contributed by atoms with Crippen LogP contribution in [0.15, 0.2) is 53.5 Å². The van der Waals surface area contributed by atoms with Crippen molar-refractivity contribution in [2.24, 2.45) is 0 Å². The molecule has 8 nitrogen and oxygen atoms in total. The number of carbonyl (C=O) groups is 1. The summed E-state index contributed by atoms with van der Waals surface area (Å²) in [5, 5.41) is 11.2. The molecule has 0 bridgehead atoms. The Morgan fingerprint density at radius 3 is 2.73 bits per heavy atom. The fourth-order valence-corrected chi connectivity index (χ4v) is 5.44. The van der Waals surface area contributed by atoms with Crippen molar-refractivity contribution in [2.45, 2.75) is 31.7 Å². The summed E-state index contributed by atoms with van der Waals surface area (Å²) in [6, 6.07) is 12.3. The van der Waals surface area contributed by atoms with E-state index in [4.69, 9.17) is 9.26 Å². The molecular weight excluding hydrogens is 438 g/mol. The minimum Gasteiger partial charge on any atom is -0.381 e. The molecular formula is C24H25N5O3S. The summed E-state index contributed by atoms with van der Waals surface area (Å²) in [5.74, 6) is 0.598. The summed E-state index contributed by atoms with van der Waals surface area (Å²) in [5.41, 5.74) is 2.82. The molecule has 33 heavy (non-hydrogen) atoms. The second-order valence-electron chi connectivity index (χ2n) is 8.24. The Kier molecular flexibility index (Phi) is 6.06. The number of carbonyl (C=O) groups excluding carboxylic acids is 1. The summed E-state index contributed by atoms with van der Waals surface area (Å²) in [6.45, 7) is 4.46. The van der Waals surface area contributed by atoms with Crippen molar-refractivity contribution >= 4 is 33.3 Å². The lowest BCUT2D eigenvalue weighted by Gasteiger charge is -2.38.